The van der Waals surface area contributed by atoms with Crippen LogP contribution in [-0.4, -0.2) is 44.6 Å². The number of benzene rings is 2. The Hall–Kier alpha value is -1.63. The Bertz CT molecular complexity index is 824. The van der Waals surface area contributed by atoms with E-state index >= 15 is 0 Å². The first kappa shape index (κ1) is 17.2. The zero-order valence-corrected chi connectivity index (χ0v) is 15.0. The summed E-state index contributed by atoms with van der Waals surface area (Å²) in [7, 11) is -3.52. The van der Waals surface area contributed by atoms with E-state index in [0.29, 0.717) is 24.6 Å². The molecule has 0 aromatic heterocycles. The summed E-state index contributed by atoms with van der Waals surface area (Å²) in [5, 5.41) is 1.84. The van der Waals surface area contributed by atoms with E-state index in [4.69, 9.17) is 9.47 Å². The number of hydrogen-bond donors (Lipinski definition) is 0. The van der Waals surface area contributed by atoms with E-state index in [2.05, 4.69) is 0 Å². The summed E-state index contributed by atoms with van der Waals surface area (Å²) in [6.07, 6.45) is -0.199. The van der Waals surface area contributed by atoms with Crippen molar-refractivity contribution in [1.82, 2.24) is 4.31 Å². The van der Waals surface area contributed by atoms with Crippen molar-refractivity contribution in [2.45, 2.75) is 37.9 Å². The lowest BCUT2D eigenvalue weighted by Gasteiger charge is -2.34. The number of hydrogen-bond acceptors (Lipinski definition) is 4. The molecule has 1 heterocycles. The molecule has 2 aromatic rings. The van der Waals surface area contributed by atoms with Crippen LogP contribution in [0.4, 0.5) is 0 Å². The topological polar surface area (TPSA) is 55.8 Å². The summed E-state index contributed by atoms with van der Waals surface area (Å²) in [6, 6.07) is 10.9. The highest BCUT2D eigenvalue weighted by Crippen LogP contribution is 2.27. The lowest BCUT2D eigenvalue weighted by atomic mass is 10.1. The maximum absolute atomic E-state index is 12.9. The first-order valence-corrected chi connectivity index (χ1v) is 9.66. The Labute approximate surface area is 143 Å². The van der Waals surface area contributed by atoms with Gasteiger partial charge in [0.25, 0.3) is 0 Å². The van der Waals surface area contributed by atoms with Crippen LogP contribution < -0.4 is 4.74 Å². The fraction of sp³-hybridized carbons (Fsp3) is 0.444. The van der Waals surface area contributed by atoms with Crippen LogP contribution in [0, 0.1) is 0 Å². The summed E-state index contributed by atoms with van der Waals surface area (Å²) < 4.78 is 38.5. The molecule has 0 saturated carbocycles. The van der Waals surface area contributed by atoms with Gasteiger partial charge in [0.2, 0.25) is 10.0 Å². The summed E-state index contributed by atoms with van der Waals surface area (Å²) in [5.74, 6) is 0.788. The SMILES string of the molecule is CCOc1ccc2cc(S(=O)(=O)N3C[C@H](C)O[C@@H](C)C3)ccc2c1. The molecule has 1 fully saturated rings. The average Bonchev–Trinajstić information content (AvgIpc) is 2.53. The smallest absolute Gasteiger partial charge is 0.243 e. The van der Waals surface area contributed by atoms with Crippen LogP contribution in [-0.2, 0) is 14.8 Å². The van der Waals surface area contributed by atoms with E-state index in [0.717, 1.165) is 16.5 Å². The van der Waals surface area contributed by atoms with Crippen molar-refractivity contribution in [2.24, 2.45) is 0 Å². The molecule has 2 atom stereocenters. The maximum atomic E-state index is 12.9. The predicted octanol–water partition coefficient (Wildman–Crippen LogP) is 3.04. The van der Waals surface area contributed by atoms with Crippen molar-refractivity contribution >= 4 is 20.8 Å². The average molecular weight is 349 g/mol. The van der Waals surface area contributed by atoms with Crippen molar-refractivity contribution in [3.05, 3.63) is 36.4 Å². The van der Waals surface area contributed by atoms with Crippen molar-refractivity contribution in [3.63, 3.8) is 0 Å². The lowest BCUT2D eigenvalue weighted by molar-refractivity contribution is -0.0440. The second kappa shape index (κ2) is 6.70. The monoisotopic (exact) mass is 349 g/mol. The highest BCUT2D eigenvalue weighted by atomic mass is 32.2. The summed E-state index contributed by atoms with van der Waals surface area (Å²) in [5.41, 5.74) is 0. The van der Waals surface area contributed by atoms with Crippen molar-refractivity contribution in [1.29, 1.82) is 0 Å². The number of morpholine rings is 1. The molecule has 0 spiro atoms. The van der Waals surface area contributed by atoms with Gasteiger partial charge in [-0.1, -0.05) is 12.1 Å². The predicted molar refractivity (Wildman–Crippen MR) is 93.9 cm³/mol. The van der Waals surface area contributed by atoms with Gasteiger partial charge in [0.05, 0.1) is 23.7 Å². The number of sulfonamides is 1. The van der Waals surface area contributed by atoms with E-state index in [9.17, 15) is 8.42 Å². The standard InChI is InChI=1S/C18H23NO4S/c1-4-22-17-7-5-16-10-18(8-6-15(16)9-17)24(20,21)19-11-13(2)23-14(3)12-19/h5-10,13-14H,4,11-12H2,1-3H3/t13-,14-/m0/s1. The molecule has 6 heteroatoms. The summed E-state index contributed by atoms with van der Waals surface area (Å²) >= 11 is 0. The zero-order chi connectivity index (χ0) is 17.3. The number of nitrogens with zero attached hydrogens (tertiary/aromatic N) is 1. The van der Waals surface area contributed by atoms with E-state index in [-0.39, 0.29) is 12.2 Å². The zero-order valence-electron chi connectivity index (χ0n) is 14.2. The third kappa shape index (κ3) is 3.41. The molecule has 130 valence electrons. The Morgan fingerprint density at radius 2 is 1.71 bits per heavy atom. The molecule has 0 N–H and O–H groups in total. The normalized spacial score (nSPS) is 22.6. The second-order valence-electron chi connectivity index (χ2n) is 6.18. The Morgan fingerprint density at radius 3 is 2.38 bits per heavy atom. The fourth-order valence-corrected chi connectivity index (χ4v) is 4.72. The van der Waals surface area contributed by atoms with Crippen LogP contribution in [0.1, 0.15) is 20.8 Å². The molecule has 1 saturated heterocycles. The van der Waals surface area contributed by atoms with E-state index in [1.54, 1.807) is 12.1 Å². The van der Waals surface area contributed by atoms with E-state index in [1.165, 1.54) is 4.31 Å². The molecule has 1 aliphatic heterocycles. The fourth-order valence-electron chi connectivity index (χ4n) is 3.09. The van der Waals surface area contributed by atoms with Gasteiger partial charge in [-0.05, 0) is 55.8 Å². The minimum Gasteiger partial charge on any atom is -0.494 e. The molecule has 0 radical (unpaired) electrons. The highest BCUT2D eigenvalue weighted by molar-refractivity contribution is 7.89. The quantitative estimate of drug-likeness (QED) is 0.851. The van der Waals surface area contributed by atoms with E-state index in [1.807, 2.05) is 45.0 Å². The first-order valence-electron chi connectivity index (χ1n) is 8.22. The molecule has 0 aliphatic carbocycles. The number of fused-ring (bicyclic) bond motifs is 1. The van der Waals surface area contributed by atoms with Gasteiger partial charge in [-0.2, -0.15) is 4.31 Å². The second-order valence-corrected chi connectivity index (χ2v) is 8.12. The molecule has 5 nitrogen and oxygen atoms in total. The van der Waals surface area contributed by atoms with Gasteiger partial charge >= 0.3 is 0 Å². The summed E-state index contributed by atoms with van der Waals surface area (Å²) in [4.78, 5) is 0.320. The van der Waals surface area contributed by atoms with Crippen LogP contribution in [0.15, 0.2) is 41.3 Å². The van der Waals surface area contributed by atoms with E-state index < -0.39 is 10.0 Å². The molecule has 2 aromatic carbocycles. The van der Waals surface area contributed by atoms with Gasteiger partial charge < -0.3 is 9.47 Å². The molecule has 0 amide bonds. The molecular weight excluding hydrogens is 326 g/mol. The Balaban J connectivity index is 1.94. The van der Waals surface area contributed by atoms with Gasteiger partial charge in [0.15, 0.2) is 0 Å². The molecule has 3 rings (SSSR count). The third-order valence-corrected chi connectivity index (χ3v) is 5.95. The van der Waals surface area contributed by atoms with Crippen molar-refractivity contribution < 1.29 is 17.9 Å². The molecule has 1 aliphatic rings. The summed E-state index contributed by atoms with van der Waals surface area (Å²) in [6.45, 7) is 7.10. The third-order valence-electron chi connectivity index (χ3n) is 4.12. The van der Waals surface area contributed by atoms with Gasteiger partial charge in [-0.15, -0.1) is 0 Å². The van der Waals surface area contributed by atoms with Crippen LogP contribution in [0.5, 0.6) is 5.75 Å². The number of rotatable bonds is 4. The van der Waals surface area contributed by atoms with Gasteiger partial charge in [0.1, 0.15) is 5.75 Å². The largest absolute Gasteiger partial charge is 0.494 e. The lowest BCUT2D eigenvalue weighted by Crippen LogP contribution is -2.48. The van der Waals surface area contributed by atoms with Gasteiger partial charge in [-0.3, -0.25) is 0 Å². The van der Waals surface area contributed by atoms with Crippen LogP contribution >= 0.6 is 0 Å². The molecule has 24 heavy (non-hydrogen) atoms. The highest BCUT2D eigenvalue weighted by Gasteiger charge is 2.32. The van der Waals surface area contributed by atoms with Crippen LogP contribution in [0.2, 0.25) is 0 Å². The van der Waals surface area contributed by atoms with Crippen molar-refractivity contribution in [3.8, 4) is 5.75 Å². The maximum Gasteiger partial charge on any atom is 0.243 e. The van der Waals surface area contributed by atoms with Crippen LogP contribution in [0.3, 0.4) is 0 Å². The molecule has 0 unspecified atom stereocenters. The minimum absolute atomic E-state index is 0.0993. The minimum atomic E-state index is -3.52. The Morgan fingerprint density at radius 1 is 1.08 bits per heavy atom. The molecular formula is C18H23NO4S. The van der Waals surface area contributed by atoms with Crippen LogP contribution in [0.25, 0.3) is 10.8 Å². The number of ether oxygens (including phenoxy) is 2. The molecule has 0 bridgehead atoms. The van der Waals surface area contributed by atoms with Crippen molar-refractivity contribution in [2.75, 3.05) is 19.7 Å². The first-order chi connectivity index (χ1) is 11.4. The van der Waals surface area contributed by atoms with Gasteiger partial charge in [-0.25, -0.2) is 8.42 Å². The van der Waals surface area contributed by atoms with Gasteiger partial charge in [0, 0.05) is 13.1 Å². The Kier molecular flexibility index (Phi) is 4.80.